The number of hydrogen-bond donors (Lipinski definition) is 2. The van der Waals surface area contributed by atoms with Gasteiger partial charge in [0.15, 0.2) is 0 Å². The van der Waals surface area contributed by atoms with Crippen LogP contribution in [-0.2, 0) is 19.3 Å². The summed E-state index contributed by atoms with van der Waals surface area (Å²) in [5.41, 5.74) is 6.43. The van der Waals surface area contributed by atoms with Gasteiger partial charge in [-0.15, -0.1) is 0 Å². The van der Waals surface area contributed by atoms with Gasteiger partial charge in [-0.05, 0) is 104 Å². The number of nitrogens with zero attached hydrogens (tertiary/aromatic N) is 1. The Morgan fingerprint density at radius 2 is 1.71 bits per heavy atom. The van der Waals surface area contributed by atoms with Crippen LogP contribution in [-0.4, -0.2) is 49.4 Å². The molecule has 38 heavy (non-hydrogen) atoms. The molecule has 4 rings (SSSR count). The van der Waals surface area contributed by atoms with Gasteiger partial charge in [0.25, 0.3) is 0 Å². The molecule has 2 atom stereocenters. The number of rotatable bonds is 13. The van der Waals surface area contributed by atoms with E-state index in [2.05, 4.69) is 79.5 Å². The highest BCUT2D eigenvalue weighted by atomic mass is 16.5. The third kappa shape index (κ3) is 7.22. The Morgan fingerprint density at radius 1 is 0.947 bits per heavy atom. The maximum atomic E-state index is 9.88. The zero-order valence-electron chi connectivity index (χ0n) is 23.5. The number of hydrogen-bond acceptors (Lipinski definition) is 5. The Kier molecular flexibility index (Phi) is 9.94. The summed E-state index contributed by atoms with van der Waals surface area (Å²) in [4.78, 5) is 2.37. The quantitative estimate of drug-likeness (QED) is 0.261. The Morgan fingerprint density at radius 3 is 2.42 bits per heavy atom. The third-order valence-electron chi connectivity index (χ3n) is 7.95. The van der Waals surface area contributed by atoms with Crippen LogP contribution in [0.4, 0.5) is 5.69 Å². The second-order valence-electron chi connectivity index (χ2n) is 10.3. The van der Waals surface area contributed by atoms with E-state index in [4.69, 9.17) is 9.47 Å². The molecule has 2 unspecified atom stereocenters. The lowest BCUT2D eigenvalue weighted by molar-refractivity contribution is 0.223. The van der Waals surface area contributed by atoms with E-state index in [1.165, 1.54) is 27.9 Å². The van der Waals surface area contributed by atoms with E-state index in [0.717, 1.165) is 63.2 Å². The fourth-order valence-corrected chi connectivity index (χ4v) is 5.51. The van der Waals surface area contributed by atoms with Crippen molar-refractivity contribution in [2.45, 2.75) is 64.8 Å². The number of aromatic hydroxyl groups is 1. The molecule has 2 N–H and O–H groups in total. The van der Waals surface area contributed by atoms with Crippen molar-refractivity contribution in [1.82, 2.24) is 4.90 Å². The highest BCUT2D eigenvalue weighted by Gasteiger charge is 2.24. The molecule has 0 bridgehead atoms. The fraction of sp³-hybridized carbons (Fsp3) is 0.455. The van der Waals surface area contributed by atoms with Gasteiger partial charge in [-0.25, -0.2) is 0 Å². The number of aryl methyl sites for hydroxylation is 1. The minimum Gasteiger partial charge on any atom is -0.508 e. The van der Waals surface area contributed by atoms with Crippen molar-refractivity contribution in [3.05, 3.63) is 82.9 Å². The first-order valence-corrected chi connectivity index (χ1v) is 14.2. The standard InChI is InChI=1S/C33H44N2O3/c1-5-28(20-24-8-14-30(15-9-24)38-19-18-35(6-2)7-3)34-33-23-31(37-4)16-17-32(33)27-11-10-26-22-29(36)13-12-25(26)21-27/h8-9,12-17,22-23,27-28,34,36H,5-7,10-11,18-21H2,1-4H3. The molecule has 3 aromatic rings. The minimum atomic E-state index is 0.308. The average Bonchev–Trinajstić information content (AvgIpc) is 2.95. The summed E-state index contributed by atoms with van der Waals surface area (Å²) in [6, 6.07) is 21.2. The van der Waals surface area contributed by atoms with Crippen LogP contribution in [0.5, 0.6) is 17.2 Å². The van der Waals surface area contributed by atoms with E-state index in [1.807, 2.05) is 12.1 Å². The lowest BCUT2D eigenvalue weighted by atomic mass is 9.79. The molecule has 1 aliphatic rings. The zero-order valence-corrected chi connectivity index (χ0v) is 23.5. The topological polar surface area (TPSA) is 54.0 Å². The Bertz CT molecular complexity index is 1160. The predicted molar refractivity (Wildman–Crippen MR) is 157 cm³/mol. The van der Waals surface area contributed by atoms with Crippen molar-refractivity contribution >= 4 is 5.69 Å². The summed E-state index contributed by atoms with van der Waals surface area (Å²) in [6.07, 6.45) is 5.01. The normalized spacial score (nSPS) is 15.7. The predicted octanol–water partition coefficient (Wildman–Crippen LogP) is 6.83. The molecule has 0 saturated heterocycles. The van der Waals surface area contributed by atoms with Crippen molar-refractivity contribution in [1.29, 1.82) is 0 Å². The monoisotopic (exact) mass is 516 g/mol. The number of anilines is 1. The van der Waals surface area contributed by atoms with E-state index in [-0.39, 0.29) is 0 Å². The molecule has 1 aliphatic carbocycles. The van der Waals surface area contributed by atoms with Gasteiger partial charge >= 0.3 is 0 Å². The van der Waals surface area contributed by atoms with E-state index >= 15 is 0 Å². The van der Waals surface area contributed by atoms with Crippen LogP contribution >= 0.6 is 0 Å². The molecule has 5 heteroatoms. The molecule has 0 radical (unpaired) electrons. The fourth-order valence-electron chi connectivity index (χ4n) is 5.51. The van der Waals surface area contributed by atoms with Gasteiger partial charge in [0.1, 0.15) is 23.9 Å². The van der Waals surface area contributed by atoms with E-state index < -0.39 is 0 Å². The lowest BCUT2D eigenvalue weighted by Crippen LogP contribution is -2.27. The maximum absolute atomic E-state index is 9.88. The summed E-state index contributed by atoms with van der Waals surface area (Å²) in [7, 11) is 1.73. The van der Waals surface area contributed by atoms with Gasteiger partial charge in [0.05, 0.1) is 7.11 Å². The van der Waals surface area contributed by atoms with Crippen LogP contribution in [0, 0.1) is 0 Å². The number of benzene rings is 3. The molecule has 0 fully saturated rings. The SMILES string of the molecule is CCC(Cc1ccc(OCCN(CC)CC)cc1)Nc1cc(OC)ccc1C1CCc2cc(O)ccc2C1. The summed E-state index contributed by atoms with van der Waals surface area (Å²) >= 11 is 0. The smallest absolute Gasteiger partial charge is 0.120 e. The summed E-state index contributed by atoms with van der Waals surface area (Å²) in [5, 5.41) is 13.7. The van der Waals surface area contributed by atoms with Crippen molar-refractivity contribution in [2.24, 2.45) is 0 Å². The van der Waals surface area contributed by atoms with Crippen LogP contribution in [0.3, 0.4) is 0 Å². The third-order valence-corrected chi connectivity index (χ3v) is 7.95. The number of likely N-dealkylation sites (N-methyl/N-ethyl adjacent to an activating group) is 1. The van der Waals surface area contributed by atoms with Gasteiger partial charge in [0.2, 0.25) is 0 Å². The molecule has 0 saturated carbocycles. The number of nitrogens with one attached hydrogen (secondary N) is 1. The molecule has 0 spiro atoms. The van der Waals surface area contributed by atoms with Gasteiger partial charge in [-0.2, -0.15) is 0 Å². The number of phenolic OH excluding ortho intramolecular Hbond substituents is 1. The van der Waals surface area contributed by atoms with Crippen LogP contribution in [0.25, 0.3) is 0 Å². The number of phenols is 1. The molecule has 0 aliphatic heterocycles. The second kappa shape index (κ2) is 13.6. The minimum absolute atomic E-state index is 0.308. The van der Waals surface area contributed by atoms with Gasteiger partial charge in [-0.3, -0.25) is 0 Å². The molecule has 0 aromatic heterocycles. The molecular weight excluding hydrogens is 472 g/mol. The Labute approximate surface area is 228 Å². The van der Waals surface area contributed by atoms with E-state index in [0.29, 0.717) is 24.3 Å². The van der Waals surface area contributed by atoms with E-state index in [9.17, 15) is 5.11 Å². The van der Waals surface area contributed by atoms with Crippen LogP contribution < -0.4 is 14.8 Å². The van der Waals surface area contributed by atoms with Crippen LogP contribution in [0.15, 0.2) is 60.7 Å². The van der Waals surface area contributed by atoms with Crippen molar-refractivity contribution in [3.8, 4) is 17.2 Å². The molecule has 0 amide bonds. The van der Waals surface area contributed by atoms with Crippen LogP contribution in [0.2, 0.25) is 0 Å². The molecule has 204 valence electrons. The molecule has 5 nitrogen and oxygen atoms in total. The average molecular weight is 517 g/mol. The van der Waals surface area contributed by atoms with Crippen molar-refractivity contribution in [3.63, 3.8) is 0 Å². The van der Waals surface area contributed by atoms with Crippen molar-refractivity contribution < 1.29 is 14.6 Å². The largest absolute Gasteiger partial charge is 0.508 e. The van der Waals surface area contributed by atoms with Crippen molar-refractivity contribution in [2.75, 3.05) is 38.7 Å². The lowest BCUT2D eigenvalue weighted by Gasteiger charge is -2.29. The number of fused-ring (bicyclic) bond motifs is 1. The second-order valence-corrected chi connectivity index (χ2v) is 10.3. The number of methoxy groups -OCH3 is 1. The maximum Gasteiger partial charge on any atom is 0.120 e. The first kappa shape index (κ1) is 27.8. The molecule has 3 aromatic carbocycles. The van der Waals surface area contributed by atoms with Gasteiger partial charge < -0.3 is 24.8 Å². The van der Waals surface area contributed by atoms with Gasteiger partial charge in [0, 0.05) is 24.3 Å². The summed E-state index contributed by atoms with van der Waals surface area (Å²) in [5.74, 6) is 2.60. The first-order valence-electron chi connectivity index (χ1n) is 14.2. The number of ether oxygens (including phenoxy) is 2. The first-order chi connectivity index (χ1) is 18.5. The van der Waals surface area contributed by atoms with Crippen LogP contribution in [0.1, 0.15) is 61.8 Å². The highest BCUT2D eigenvalue weighted by Crippen LogP contribution is 2.39. The van der Waals surface area contributed by atoms with E-state index in [1.54, 1.807) is 7.11 Å². The zero-order chi connectivity index (χ0) is 26.9. The van der Waals surface area contributed by atoms with Gasteiger partial charge in [-0.1, -0.05) is 45.0 Å². The molecular formula is C33H44N2O3. The summed E-state index contributed by atoms with van der Waals surface area (Å²) < 4.78 is 11.6. The summed E-state index contributed by atoms with van der Waals surface area (Å²) in [6.45, 7) is 10.4. The Hall–Kier alpha value is -3.18. The molecule has 0 heterocycles. The highest BCUT2D eigenvalue weighted by molar-refractivity contribution is 5.58. The Balaban J connectivity index is 1.43.